The number of hydrogen-bond donors (Lipinski definition) is 2. The summed E-state index contributed by atoms with van der Waals surface area (Å²) in [5, 5.41) is 10.3. The number of nitrogens with one attached hydrogen (secondary N) is 1. The van der Waals surface area contributed by atoms with Gasteiger partial charge in [0.05, 0.1) is 6.42 Å². The summed E-state index contributed by atoms with van der Waals surface area (Å²) >= 11 is 0. The summed E-state index contributed by atoms with van der Waals surface area (Å²) in [5.41, 5.74) is 4.25. The first-order valence-corrected chi connectivity index (χ1v) is 5.94. The predicted molar refractivity (Wildman–Crippen MR) is 73.0 cm³/mol. The molecule has 2 N–H and O–H groups in total. The van der Waals surface area contributed by atoms with Gasteiger partial charge in [-0.1, -0.05) is 18.2 Å². The third-order valence-corrected chi connectivity index (χ3v) is 2.52. The Morgan fingerprint density at radius 2 is 1.89 bits per heavy atom. The average molecular weight is 265 g/mol. The van der Waals surface area contributed by atoms with E-state index in [0.29, 0.717) is 5.69 Å². The number of nitrogens with zero attached hydrogens (tertiary/aromatic N) is 2. The molecule has 0 aliphatic carbocycles. The smallest absolute Gasteiger partial charge is 0.336 e. The number of carboxylic acid groups (broad SMARTS) is 1. The van der Waals surface area contributed by atoms with Crippen LogP contribution < -0.4 is 10.3 Å². The van der Waals surface area contributed by atoms with Crippen LogP contribution in [0.25, 0.3) is 0 Å². The lowest BCUT2D eigenvalue weighted by Gasteiger charge is -2.26. The Labute approximate surface area is 112 Å². The summed E-state index contributed by atoms with van der Waals surface area (Å²) in [6.07, 6.45) is -0.102. The Hall–Kier alpha value is -2.08. The summed E-state index contributed by atoms with van der Waals surface area (Å²) in [5.74, 6) is -0.934. The topological polar surface area (TPSA) is 72.9 Å². The lowest BCUT2D eigenvalue weighted by atomic mass is 10.2. The van der Waals surface area contributed by atoms with Crippen LogP contribution in [0.1, 0.15) is 12.0 Å². The van der Waals surface area contributed by atoms with E-state index in [0.717, 1.165) is 5.56 Å². The fraction of sp³-hybridized carbons (Fsp3) is 0.385. The first-order valence-electron chi connectivity index (χ1n) is 5.94. The first kappa shape index (κ1) is 15.0. The second-order valence-electron chi connectivity index (χ2n) is 4.39. The molecule has 6 heteroatoms. The quantitative estimate of drug-likeness (QED) is 0.791. The zero-order valence-electron chi connectivity index (χ0n) is 11.4. The summed E-state index contributed by atoms with van der Waals surface area (Å²) in [6.45, 7) is 2.01. The maximum atomic E-state index is 12.1. The van der Waals surface area contributed by atoms with Crippen molar-refractivity contribution in [2.45, 2.75) is 13.3 Å². The maximum absolute atomic E-state index is 12.1. The van der Waals surface area contributed by atoms with Crippen molar-refractivity contribution in [3.05, 3.63) is 29.8 Å². The number of aryl methyl sites for hydroxylation is 1. The van der Waals surface area contributed by atoms with Crippen molar-refractivity contribution in [2.24, 2.45) is 0 Å². The van der Waals surface area contributed by atoms with Gasteiger partial charge in [-0.25, -0.2) is 9.80 Å². The van der Waals surface area contributed by atoms with Crippen LogP contribution in [0.2, 0.25) is 0 Å². The molecule has 0 unspecified atom stereocenters. The van der Waals surface area contributed by atoms with Gasteiger partial charge in [0.15, 0.2) is 0 Å². The number of rotatable bonds is 5. The predicted octanol–water partition coefficient (Wildman–Crippen LogP) is 1.46. The van der Waals surface area contributed by atoms with E-state index in [1.165, 1.54) is 9.91 Å². The number of urea groups is 1. The number of carbonyl (C=O) groups excluding carboxylic acids is 1. The molecule has 0 aliphatic rings. The van der Waals surface area contributed by atoms with Gasteiger partial charge in [-0.2, -0.15) is 0 Å². The lowest BCUT2D eigenvalue weighted by molar-refractivity contribution is -0.136. The first-order chi connectivity index (χ1) is 8.91. The molecule has 0 radical (unpaired) electrons. The molecule has 0 heterocycles. The Balaban J connectivity index is 2.95. The molecule has 0 bridgehead atoms. The molecule has 0 saturated carbocycles. The molecule has 104 valence electrons. The van der Waals surface area contributed by atoms with Crippen molar-refractivity contribution >= 4 is 17.7 Å². The number of hydrazine groups is 1. The fourth-order valence-electron chi connectivity index (χ4n) is 1.66. The standard InChI is InChI=1S/C13H19N3O3/c1-10-6-4-5-7-11(10)16(9-8-12(17)18)13(19)14-15(2)3/h4-7H,8-9H2,1-3H3,(H,14,19)(H,17,18). The van der Waals surface area contributed by atoms with Crippen LogP contribution in [-0.2, 0) is 4.79 Å². The normalized spacial score (nSPS) is 10.3. The van der Waals surface area contributed by atoms with E-state index in [2.05, 4.69) is 5.43 Å². The Morgan fingerprint density at radius 3 is 2.42 bits per heavy atom. The van der Waals surface area contributed by atoms with E-state index in [9.17, 15) is 9.59 Å². The minimum Gasteiger partial charge on any atom is -0.481 e. The molecule has 0 saturated heterocycles. The highest BCUT2D eigenvalue weighted by Gasteiger charge is 2.18. The number of carboxylic acids is 1. The largest absolute Gasteiger partial charge is 0.481 e. The second kappa shape index (κ2) is 6.75. The van der Waals surface area contributed by atoms with Gasteiger partial charge in [0.2, 0.25) is 0 Å². The van der Waals surface area contributed by atoms with Gasteiger partial charge in [0.1, 0.15) is 0 Å². The number of amides is 2. The van der Waals surface area contributed by atoms with Gasteiger partial charge in [0, 0.05) is 26.3 Å². The number of benzene rings is 1. The zero-order valence-corrected chi connectivity index (χ0v) is 11.4. The van der Waals surface area contributed by atoms with Crippen molar-refractivity contribution in [3.8, 4) is 0 Å². The average Bonchev–Trinajstić information content (AvgIpc) is 2.30. The van der Waals surface area contributed by atoms with Crippen molar-refractivity contribution in [1.82, 2.24) is 10.4 Å². The van der Waals surface area contributed by atoms with Gasteiger partial charge in [-0.3, -0.25) is 15.1 Å². The summed E-state index contributed by atoms with van der Waals surface area (Å²) in [4.78, 5) is 24.2. The van der Waals surface area contributed by atoms with E-state index in [-0.39, 0.29) is 19.0 Å². The molecule has 2 amide bonds. The monoisotopic (exact) mass is 265 g/mol. The Morgan fingerprint density at radius 1 is 1.26 bits per heavy atom. The van der Waals surface area contributed by atoms with Crippen molar-refractivity contribution in [2.75, 3.05) is 25.5 Å². The summed E-state index contributed by atoms with van der Waals surface area (Å²) < 4.78 is 0. The minimum atomic E-state index is -0.934. The highest BCUT2D eigenvalue weighted by molar-refractivity contribution is 5.92. The zero-order chi connectivity index (χ0) is 14.4. The van der Waals surface area contributed by atoms with E-state index in [4.69, 9.17) is 5.11 Å². The van der Waals surface area contributed by atoms with Gasteiger partial charge >= 0.3 is 12.0 Å². The highest BCUT2D eigenvalue weighted by atomic mass is 16.4. The Kier molecular flexibility index (Phi) is 5.32. The molecule has 1 rings (SSSR count). The van der Waals surface area contributed by atoms with E-state index >= 15 is 0 Å². The minimum absolute atomic E-state index is 0.102. The number of carbonyl (C=O) groups is 2. The lowest BCUT2D eigenvalue weighted by Crippen LogP contribution is -2.47. The van der Waals surface area contributed by atoms with E-state index in [1.54, 1.807) is 20.2 Å². The molecule has 0 spiro atoms. The van der Waals surface area contributed by atoms with Crippen molar-refractivity contribution in [1.29, 1.82) is 0 Å². The van der Waals surface area contributed by atoms with Gasteiger partial charge in [-0.05, 0) is 18.6 Å². The molecule has 1 aromatic carbocycles. The summed E-state index contributed by atoms with van der Waals surface area (Å²) in [7, 11) is 3.40. The molecular weight excluding hydrogens is 246 g/mol. The third kappa shape index (κ3) is 4.59. The molecular formula is C13H19N3O3. The molecule has 0 aliphatic heterocycles. The molecule has 1 aromatic rings. The van der Waals surface area contributed by atoms with Crippen LogP contribution in [0.4, 0.5) is 10.5 Å². The van der Waals surface area contributed by atoms with Crippen LogP contribution in [0, 0.1) is 6.92 Å². The van der Waals surface area contributed by atoms with Crippen LogP contribution in [0.15, 0.2) is 24.3 Å². The number of para-hydroxylation sites is 1. The van der Waals surface area contributed by atoms with E-state index in [1.807, 2.05) is 25.1 Å². The highest BCUT2D eigenvalue weighted by Crippen LogP contribution is 2.19. The fourth-order valence-corrected chi connectivity index (χ4v) is 1.66. The number of aliphatic carboxylic acids is 1. The number of anilines is 1. The molecule has 0 aromatic heterocycles. The molecule has 6 nitrogen and oxygen atoms in total. The SMILES string of the molecule is Cc1ccccc1N(CCC(=O)O)C(=O)NN(C)C. The van der Waals surface area contributed by atoms with Crippen LogP contribution in [0.3, 0.4) is 0 Å². The van der Waals surface area contributed by atoms with Crippen LogP contribution in [-0.4, -0.2) is 42.8 Å². The Bertz CT molecular complexity index is 460. The van der Waals surface area contributed by atoms with Gasteiger partial charge in [0.25, 0.3) is 0 Å². The summed E-state index contributed by atoms with van der Waals surface area (Å²) in [6, 6.07) is 7.02. The maximum Gasteiger partial charge on any atom is 0.336 e. The van der Waals surface area contributed by atoms with Gasteiger partial charge in [-0.15, -0.1) is 0 Å². The van der Waals surface area contributed by atoms with Crippen molar-refractivity contribution < 1.29 is 14.7 Å². The molecule has 0 fully saturated rings. The van der Waals surface area contributed by atoms with Crippen molar-refractivity contribution in [3.63, 3.8) is 0 Å². The van der Waals surface area contributed by atoms with E-state index < -0.39 is 5.97 Å². The van der Waals surface area contributed by atoms with Gasteiger partial charge < -0.3 is 5.11 Å². The van der Waals surface area contributed by atoms with Crippen LogP contribution >= 0.6 is 0 Å². The number of hydrogen-bond acceptors (Lipinski definition) is 3. The molecule has 19 heavy (non-hydrogen) atoms. The third-order valence-electron chi connectivity index (χ3n) is 2.52. The van der Waals surface area contributed by atoms with Crippen LogP contribution in [0.5, 0.6) is 0 Å². The second-order valence-corrected chi connectivity index (χ2v) is 4.39. The molecule has 0 atom stereocenters.